The van der Waals surface area contributed by atoms with Crippen LogP contribution in [0.2, 0.25) is 10.0 Å². The number of halogens is 2. The number of nitrogens with one attached hydrogen (secondary N) is 2. The van der Waals surface area contributed by atoms with Crippen LogP contribution in [0.1, 0.15) is 41.6 Å². The highest BCUT2D eigenvalue weighted by molar-refractivity contribution is 6.36. The first-order valence-electron chi connectivity index (χ1n) is 9.40. The average molecular weight is 449 g/mol. The third kappa shape index (κ3) is 7.89. The minimum atomic E-state index is -0.837. The highest BCUT2D eigenvalue weighted by Gasteiger charge is 2.16. The number of aliphatic carboxylic acids is 1. The summed E-state index contributed by atoms with van der Waals surface area (Å²) in [6, 6.07) is 13.6. The summed E-state index contributed by atoms with van der Waals surface area (Å²) in [6.07, 6.45) is 3.53. The Balaban J connectivity index is 2.07. The molecule has 0 atom stereocenters. The normalized spacial score (nSPS) is 11.1. The van der Waals surface area contributed by atoms with Gasteiger partial charge in [0.2, 0.25) is 0 Å². The number of carbonyl (C=O) groups excluding carboxylic acids is 2. The van der Waals surface area contributed by atoms with E-state index in [1.807, 2.05) is 18.2 Å². The minimum Gasteiger partial charge on any atom is -0.481 e. The summed E-state index contributed by atoms with van der Waals surface area (Å²) in [4.78, 5) is 35.8. The number of unbranched alkanes of at least 4 members (excludes halogenated alkanes) is 2. The van der Waals surface area contributed by atoms with Gasteiger partial charge in [-0.3, -0.25) is 14.4 Å². The van der Waals surface area contributed by atoms with E-state index in [1.54, 1.807) is 24.3 Å². The van der Waals surface area contributed by atoms with Crippen LogP contribution in [0.3, 0.4) is 0 Å². The highest BCUT2D eigenvalue weighted by atomic mass is 35.5. The van der Waals surface area contributed by atoms with Crippen LogP contribution in [0.5, 0.6) is 0 Å². The summed E-state index contributed by atoms with van der Waals surface area (Å²) in [6.45, 7) is 0.363. The van der Waals surface area contributed by atoms with Crippen LogP contribution in [-0.4, -0.2) is 29.4 Å². The van der Waals surface area contributed by atoms with E-state index in [0.717, 1.165) is 5.56 Å². The third-order valence-electron chi connectivity index (χ3n) is 4.13. The molecule has 0 saturated carbocycles. The Hall–Kier alpha value is -2.83. The van der Waals surface area contributed by atoms with Crippen molar-refractivity contribution in [2.75, 3.05) is 6.54 Å². The van der Waals surface area contributed by atoms with Gasteiger partial charge in [0.25, 0.3) is 11.8 Å². The second kappa shape index (κ2) is 12.0. The molecule has 0 heterocycles. The first kappa shape index (κ1) is 23.4. The van der Waals surface area contributed by atoms with Crippen molar-refractivity contribution in [2.24, 2.45) is 0 Å². The van der Waals surface area contributed by atoms with Crippen molar-refractivity contribution in [3.8, 4) is 0 Å². The molecule has 0 bridgehead atoms. The van der Waals surface area contributed by atoms with E-state index in [4.69, 9.17) is 28.3 Å². The molecule has 0 aliphatic rings. The molecule has 0 saturated heterocycles. The van der Waals surface area contributed by atoms with Gasteiger partial charge in [-0.2, -0.15) is 0 Å². The number of hydrogen-bond donors (Lipinski definition) is 3. The molecule has 0 unspecified atom stereocenters. The molecular formula is C22H22Cl2N2O4. The number of hydrogen-bond acceptors (Lipinski definition) is 3. The lowest BCUT2D eigenvalue weighted by molar-refractivity contribution is -0.137. The van der Waals surface area contributed by atoms with Gasteiger partial charge >= 0.3 is 5.97 Å². The molecule has 2 aromatic carbocycles. The Kier molecular flexibility index (Phi) is 9.38. The number of carboxylic acid groups (broad SMARTS) is 1. The van der Waals surface area contributed by atoms with Crippen molar-refractivity contribution in [1.82, 2.24) is 10.6 Å². The maximum atomic E-state index is 12.7. The summed E-state index contributed by atoms with van der Waals surface area (Å²) in [5, 5.41) is 14.6. The molecule has 0 fully saturated rings. The zero-order valence-corrected chi connectivity index (χ0v) is 17.7. The van der Waals surface area contributed by atoms with E-state index in [1.165, 1.54) is 12.1 Å². The summed E-state index contributed by atoms with van der Waals surface area (Å²) >= 11 is 12.0. The number of amides is 2. The van der Waals surface area contributed by atoms with Crippen LogP contribution in [0.15, 0.2) is 54.2 Å². The number of carboxylic acids is 1. The van der Waals surface area contributed by atoms with Crippen molar-refractivity contribution < 1.29 is 19.5 Å². The largest absolute Gasteiger partial charge is 0.481 e. The van der Waals surface area contributed by atoms with Crippen LogP contribution in [-0.2, 0) is 9.59 Å². The van der Waals surface area contributed by atoms with E-state index in [2.05, 4.69) is 10.6 Å². The molecule has 2 rings (SSSR count). The van der Waals surface area contributed by atoms with E-state index in [0.29, 0.717) is 30.8 Å². The van der Waals surface area contributed by atoms with Gasteiger partial charge in [0.15, 0.2) is 0 Å². The first-order valence-corrected chi connectivity index (χ1v) is 10.2. The van der Waals surface area contributed by atoms with Gasteiger partial charge in [-0.25, -0.2) is 0 Å². The highest BCUT2D eigenvalue weighted by Crippen LogP contribution is 2.21. The summed E-state index contributed by atoms with van der Waals surface area (Å²) < 4.78 is 0. The fourth-order valence-corrected chi connectivity index (χ4v) is 3.11. The maximum absolute atomic E-state index is 12.7. The quantitative estimate of drug-likeness (QED) is 0.367. The molecule has 2 aromatic rings. The van der Waals surface area contributed by atoms with Crippen molar-refractivity contribution >= 4 is 47.1 Å². The van der Waals surface area contributed by atoms with Crippen molar-refractivity contribution in [3.05, 3.63) is 75.4 Å². The van der Waals surface area contributed by atoms with Crippen LogP contribution >= 0.6 is 23.2 Å². The summed E-state index contributed by atoms with van der Waals surface area (Å²) in [5.41, 5.74) is 1.01. The van der Waals surface area contributed by atoms with Gasteiger partial charge in [0.05, 0.1) is 10.6 Å². The molecule has 6 nitrogen and oxygen atoms in total. The zero-order valence-electron chi connectivity index (χ0n) is 16.2. The fraction of sp³-hybridized carbons (Fsp3) is 0.227. The van der Waals surface area contributed by atoms with Crippen LogP contribution < -0.4 is 10.6 Å². The molecule has 0 spiro atoms. The average Bonchev–Trinajstić information content (AvgIpc) is 2.70. The molecule has 3 N–H and O–H groups in total. The van der Waals surface area contributed by atoms with E-state index in [9.17, 15) is 14.4 Å². The second-order valence-electron chi connectivity index (χ2n) is 6.51. The molecule has 158 valence electrons. The smallest absolute Gasteiger partial charge is 0.303 e. The van der Waals surface area contributed by atoms with E-state index < -0.39 is 17.8 Å². The Bertz CT molecular complexity index is 930. The van der Waals surface area contributed by atoms with Gasteiger partial charge in [-0.05, 0) is 42.7 Å². The van der Waals surface area contributed by atoms with Crippen molar-refractivity contribution in [3.63, 3.8) is 0 Å². The SMILES string of the molecule is O=C(O)CCCCCNC(=O)C(=Cc1ccccc1)NC(=O)c1ccc(Cl)cc1Cl. The van der Waals surface area contributed by atoms with Crippen LogP contribution in [0.4, 0.5) is 0 Å². The Morgan fingerprint density at radius 1 is 0.967 bits per heavy atom. The molecular weight excluding hydrogens is 427 g/mol. The monoisotopic (exact) mass is 448 g/mol. The summed E-state index contributed by atoms with van der Waals surface area (Å²) in [5.74, 6) is -1.82. The topological polar surface area (TPSA) is 95.5 Å². The number of carbonyl (C=O) groups is 3. The maximum Gasteiger partial charge on any atom is 0.303 e. The van der Waals surface area contributed by atoms with Gasteiger partial charge in [0.1, 0.15) is 5.70 Å². The molecule has 8 heteroatoms. The van der Waals surface area contributed by atoms with E-state index >= 15 is 0 Å². The zero-order chi connectivity index (χ0) is 21.9. The fourth-order valence-electron chi connectivity index (χ4n) is 2.61. The lowest BCUT2D eigenvalue weighted by Gasteiger charge is -2.12. The molecule has 0 radical (unpaired) electrons. The Morgan fingerprint density at radius 3 is 2.37 bits per heavy atom. The molecule has 0 aromatic heterocycles. The number of benzene rings is 2. The second-order valence-corrected chi connectivity index (χ2v) is 7.35. The van der Waals surface area contributed by atoms with Crippen molar-refractivity contribution in [2.45, 2.75) is 25.7 Å². The number of rotatable bonds is 10. The molecule has 0 aliphatic heterocycles. The van der Waals surface area contributed by atoms with Gasteiger partial charge in [-0.15, -0.1) is 0 Å². The van der Waals surface area contributed by atoms with E-state index in [-0.39, 0.29) is 22.7 Å². The Morgan fingerprint density at radius 2 is 1.70 bits per heavy atom. The summed E-state index contributed by atoms with van der Waals surface area (Å²) in [7, 11) is 0. The standard InChI is InChI=1S/C22H22Cl2N2O4/c23-16-10-11-17(18(24)14-16)21(29)26-19(13-15-7-3-1-4-8-15)22(30)25-12-6-2-5-9-20(27)28/h1,3-4,7-8,10-11,13-14H,2,5-6,9,12H2,(H,25,30)(H,26,29)(H,27,28). The van der Waals surface area contributed by atoms with Gasteiger partial charge in [-0.1, -0.05) is 60.0 Å². The molecule has 0 aliphatic carbocycles. The third-order valence-corrected chi connectivity index (χ3v) is 4.68. The predicted octanol–water partition coefficient (Wildman–Crippen LogP) is 4.53. The predicted molar refractivity (Wildman–Crippen MR) is 117 cm³/mol. The first-order chi connectivity index (χ1) is 14.4. The minimum absolute atomic E-state index is 0.0720. The van der Waals surface area contributed by atoms with Crippen LogP contribution in [0.25, 0.3) is 6.08 Å². The molecule has 30 heavy (non-hydrogen) atoms. The molecule has 2 amide bonds. The van der Waals surface area contributed by atoms with Gasteiger partial charge in [0, 0.05) is 18.0 Å². The lowest BCUT2D eigenvalue weighted by atomic mass is 10.1. The lowest BCUT2D eigenvalue weighted by Crippen LogP contribution is -2.35. The Labute approximate surface area is 184 Å². The van der Waals surface area contributed by atoms with Gasteiger partial charge < -0.3 is 15.7 Å². The van der Waals surface area contributed by atoms with Crippen LogP contribution in [0, 0.1) is 0 Å². The van der Waals surface area contributed by atoms with Crippen molar-refractivity contribution in [1.29, 1.82) is 0 Å².